The van der Waals surface area contributed by atoms with Crippen LogP contribution in [0.4, 0.5) is 26.3 Å². The van der Waals surface area contributed by atoms with E-state index < -0.39 is 47.1 Å². The van der Waals surface area contributed by atoms with Gasteiger partial charge in [0.05, 0.1) is 13.2 Å². The zero-order valence-corrected chi connectivity index (χ0v) is 22.8. The van der Waals surface area contributed by atoms with Crippen LogP contribution in [0.3, 0.4) is 0 Å². The molecule has 0 spiro atoms. The lowest BCUT2D eigenvalue weighted by molar-refractivity contribution is -0.142. The van der Waals surface area contributed by atoms with E-state index in [9.17, 15) is 35.9 Å². The molecule has 4 aromatic rings. The zero-order chi connectivity index (χ0) is 31.2. The molecule has 0 saturated heterocycles. The number of hydrogen-bond acceptors (Lipinski definition) is 6. The number of benzene rings is 2. The van der Waals surface area contributed by atoms with E-state index in [-0.39, 0.29) is 24.9 Å². The van der Waals surface area contributed by atoms with Crippen molar-refractivity contribution in [1.82, 2.24) is 19.9 Å². The smallest absolute Gasteiger partial charge is 0.433 e. The van der Waals surface area contributed by atoms with Crippen LogP contribution in [-0.2, 0) is 21.8 Å². The maximum absolute atomic E-state index is 13.0. The van der Waals surface area contributed by atoms with E-state index in [1.807, 2.05) is 0 Å². The molecule has 0 aliphatic carbocycles. The van der Waals surface area contributed by atoms with Gasteiger partial charge in [-0.2, -0.15) is 26.3 Å². The van der Waals surface area contributed by atoms with Crippen LogP contribution in [0.5, 0.6) is 0 Å². The number of imidazole rings is 2. The Morgan fingerprint density at radius 1 is 0.667 bits per heavy atom. The van der Waals surface area contributed by atoms with Gasteiger partial charge in [-0.25, -0.2) is 19.6 Å². The number of nitrogens with one attached hydrogen (secondary N) is 2. The van der Waals surface area contributed by atoms with Gasteiger partial charge in [-0.05, 0) is 38.8 Å². The molecule has 2 heterocycles. The molecule has 2 N–H and O–H groups in total. The minimum atomic E-state index is -4.71. The van der Waals surface area contributed by atoms with Gasteiger partial charge < -0.3 is 19.4 Å². The molecule has 42 heavy (non-hydrogen) atoms. The van der Waals surface area contributed by atoms with Crippen molar-refractivity contribution in [3.63, 3.8) is 0 Å². The second-order valence-electron chi connectivity index (χ2n) is 8.68. The second kappa shape index (κ2) is 12.9. The Morgan fingerprint density at radius 3 is 1.29 bits per heavy atom. The van der Waals surface area contributed by atoms with Crippen molar-refractivity contribution in [2.75, 3.05) is 13.2 Å². The third-order valence-electron chi connectivity index (χ3n) is 5.71. The number of alkyl halides is 6. The van der Waals surface area contributed by atoms with Gasteiger partial charge in [0.1, 0.15) is 11.6 Å². The fourth-order valence-electron chi connectivity index (χ4n) is 3.78. The molecule has 0 fully saturated rings. The number of ether oxygens (including phenoxy) is 2. The number of aromatic amines is 2. The molecule has 0 atom stereocenters. The number of H-pyrrole nitrogens is 2. The van der Waals surface area contributed by atoms with Crippen LogP contribution >= 0.6 is 0 Å². The normalized spacial score (nSPS) is 11.5. The SMILES string of the molecule is CCOC(=O)c1nc(-c2ccccc2C)[nH]c1C(F)(F)F.CCOC(=O)c1nc(-c2ccccc2C)[nH]c1C(F)(F)F. The first-order valence-electron chi connectivity index (χ1n) is 12.5. The second-order valence-corrected chi connectivity index (χ2v) is 8.68. The molecule has 0 bridgehead atoms. The Morgan fingerprint density at radius 2 is 1.00 bits per heavy atom. The minimum Gasteiger partial charge on any atom is -0.461 e. The van der Waals surface area contributed by atoms with E-state index in [0.717, 1.165) is 11.1 Å². The van der Waals surface area contributed by atoms with Crippen molar-refractivity contribution in [1.29, 1.82) is 0 Å². The molecule has 0 aliphatic rings. The average molecular weight is 597 g/mol. The van der Waals surface area contributed by atoms with Gasteiger partial charge in [-0.15, -0.1) is 0 Å². The lowest BCUT2D eigenvalue weighted by Gasteiger charge is -2.05. The summed E-state index contributed by atoms with van der Waals surface area (Å²) in [5.74, 6) is -2.21. The van der Waals surface area contributed by atoms with Crippen LogP contribution in [0, 0.1) is 13.8 Å². The maximum atomic E-state index is 13.0. The summed E-state index contributed by atoms with van der Waals surface area (Å²) in [6.07, 6.45) is -9.42. The highest BCUT2D eigenvalue weighted by molar-refractivity contribution is 5.90. The van der Waals surface area contributed by atoms with Crippen LogP contribution in [0.1, 0.15) is 57.3 Å². The van der Waals surface area contributed by atoms with Gasteiger partial charge in [0.25, 0.3) is 0 Å². The summed E-state index contributed by atoms with van der Waals surface area (Å²) >= 11 is 0. The number of aryl methyl sites for hydroxylation is 2. The quantitative estimate of drug-likeness (QED) is 0.181. The topological polar surface area (TPSA) is 110 Å². The summed E-state index contributed by atoms with van der Waals surface area (Å²) in [7, 11) is 0. The predicted molar refractivity (Wildman–Crippen MR) is 139 cm³/mol. The predicted octanol–water partition coefficient (Wildman–Crippen LogP) is 7.16. The fraction of sp³-hybridized carbons (Fsp3) is 0.286. The first-order chi connectivity index (χ1) is 19.7. The summed E-state index contributed by atoms with van der Waals surface area (Å²) < 4.78 is 87.2. The molecule has 4 rings (SSSR count). The van der Waals surface area contributed by atoms with E-state index in [4.69, 9.17) is 0 Å². The molecular weight excluding hydrogens is 570 g/mol. The highest BCUT2D eigenvalue weighted by Crippen LogP contribution is 2.34. The van der Waals surface area contributed by atoms with Crippen molar-refractivity contribution in [2.45, 2.75) is 40.0 Å². The largest absolute Gasteiger partial charge is 0.461 e. The average Bonchev–Trinajstić information content (AvgIpc) is 3.56. The minimum absolute atomic E-state index is 0.0107. The number of aromatic nitrogens is 4. The zero-order valence-electron chi connectivity index (χ0n) is 22.8. The molecule has 2 aromatic carbocycles. The van der Waals surface area contributed by atoms with Crippen LogP contribution in [0.25, 0.3) is 22.8 Å². The molecule has 0 aliphatic heterocycles. The highest BCUT2D eigenvalue weighted by Gasteiger charge is 2.41. The number of esters is 2. The van der Waals surface area contributed by atoms with E-state index in [1.54, 1.807) is 62.4 Å². The Labute approximate surface area is 236 Å². The van der Waals surface area contributed by atoms with E-state index in [2.05, 4.69) is 29.4 Å². The van der Waals surface area contributed by atoms with Gasteiger partial charge >= 0.3 is 24.3 Å². The Balaban J connectivity index is 0.000000230. The van der Waals surface area contributed by atoms with Crippen LogP contribution < -0.4 is 0 Å². The van der Waals surface area contributed by atoms with Crippen molar-refractivity contribution >= 4 is 11.9 Å². The van der Waals surface area contributed by atoms with Crippen LogP contribution in [-0.4, -0.2) is 45.1 Å². The monoisotopic (exact) mass is 596 g/mol. The number of hydrogen-bond donors (Lipinski definition) is 2. The number of rotatable bonds is 6. The van der Waals surface area contributed by atoms with Crippen LogP contribution in [0.15, 0.2) is 48.5 Å². The standard InChI is InChI=1S/2C14H13F3N2O2/c2*1-3-21-13(20)10-11(14(15,16)17)19-12(18-10)9-7-5-4-6-8(9)2/h2*4-7H,3H2,1-2H3,(H,18,19). The van der Waals surface area contributed by atoms with Crippen molar-refractivity contribution < 1.29 is 45.4 Å². The van der Waals surface area contributed by atoms with Gasteiger partial charge in [0.15, 0.2) is 22.8 Å². The van der Waals surface area contributed by atoms with Crippen molar-refractivity contribution in [2.24, 2.45) is 0 Å². The summed E-state index contributed by atoms with van der Waals surface area (Å²) in [5, 5.41) is 0. The summed E-state index contributed by atoms with van der Waals surface area (Å²) in [5.41, 5.74) is -1.40. The number of halogens is 6. The molecule has 2 aromatic heterocycles. The van der Waals surface area contributed by atoms with Gasteiger partial charge in [-0.1, -0.05) is 48.5 Å². The van der Waals surface area contributed by atoms with E-state index >= 15 is 0 Å². The number of carbonyl (C=O) groups is 2. The van der Waals surface area contributed by atoms with Crippen molar-refractivity contribution in [3.05, 3.63) is 82.4 Å². The lowest BCUT2D eigenvalue weighted by Crippen LogP contribution is -2.15. The van der Waals surface area contributed by atoms with Gasteiger partial charge in [-0.3, -0.25) is 0 Å². The molecule has 224 valence electrons. The molecule has 8 nitrogen and oxygen atoms in total. The van der Waals surface area contributed by atoms with E-state index in [1.165, 1.54) is 13.8 Å². The third-order valence-corrected chi connectivity index (χ3v) is 5.71. The maximum Gasteiger partial charge on any atom is 0.433 e. The summed E-state index contributed by atoms with van der Waals surface area (Å²) in [6, 6.07) is 13.6. The molecule has 14 heteroatoms. The van der Waals surface area contributed by atoms with Gasteiger partial charge in [0.2, 0.25) is 0 Å². The molecular formula is C28H26F6N4O4. The Hall–Kier alpha value is -4.62. The Kier molecular flexibility index (Phi) is 9.81. The molecule has 0 radical (unpaired) electrons. The molecule has 0 unspecified atom stereocenters. The fourth-order valence-corrected chi connectivity index (χ4v) is 3.78. The first-order valence-corrected chi connectivity index (χ1v) is 12.5. The first kappa shape index (κ1) is 31.9. The molecule has 0 saturated carbocycles. The lowest BCUT2D eigenvalue weighted by atomic mass is 10.1. The molecule has 0 amide bonds. The highest BCUT2D eigenvalue weighted by atomic mass is 19.4. The van der Waals surface area contributed by atoms with Crippen LogP contribution in [0.2, 0.25) is 0 Å². The summed E-state index contributed by atoms with van der Waals surface area (Å²) in [4.78, 5) is 35.2. The number of nitrogens with zero attached hydrogens (tertiary/aromatic N) is 2. The van der Waals surface area contributed by atoms with Crippen molar-refractivity contribution in [3.8, 4) is 22.8 Å². The van der Waals surface area contributed by atoms with Gasteiger partial charge in [0, 0.05) is 11.1 Å². The van der Waals surface area contributed by atoms with E-state index in [0.29, 0.717) is 11.1 Å². The third kappa shape index (κ3) is 7.36. The summed E-state index contributed by atoms with van der Waals surface area (Å²) in [6.45, 7) is 6.47. The Bertz CT molecular complexity index is 1440. The number of carbonyl (C=O) groups excluding carboxylic acids is 2.